The lowest BCUT2D eigenvalue weighted by molar-refractivity contribution is -0.135. The quantitative estimate of drug-likeness (QED) is 0.740. The second kappa shape index (κ2) is 7.83. The minimum Gasteiger partial charge on any atom is -0.394 e. The van der Waals surface area contributed by atoms with Crippen molar-refractivity contribution in [3.05, 3.63) is 12.7 Å². The van der Waals surface area contributed by atoms with Gasteiger partial charge in [-0.15, -0.1) is 0 Å². The third-order valence-corrected chi connectivity index (χ3v) is 5.16. The van der Waals surface area contributed by atoms with Crippen molar-refractivity contribution in [3.8, 4) is 0 Å². The second-order valence-electron chi connectivity index (χ2n) is 6.97. The van der Waals surface area contributed by atoms with E-state index in [1.807, 2.05) is 4.57 Å². The van der Waals surface area contributed by atoms with Gasteiger partial charge in [0, 0.05) is 32.8 Å². The lowest BCUT2D eigenvalue weighted by Crippen LogP contribution is -2.48. The Morgan fingerprint density at radius 3 is 2.92 bits per heavy atom. The van der Waals surface area contributed by atoms with E-state index in [0.717, 1.165) is 23.5 Å². The number of hydrogen-bond donors (Lipinski definition) is 2. The van der Waals surface area contributed by atoms with Crippen molar-refractivity contribution in [1.82, 2.24) is 24.4 Å². The standard InChI is InChI=1S/C17H26N6O3/c1-25-6-5-22-7-13(9-24)26-14(8-22)23-11-20-15-16(18-10-19-17(15)23)21-12-3-2-4-12/h10-14,24H,2-9H2,1H3,(H,18,19,21)/t13-,14+/m0/s1. The summed E-state index contributed by atoms with van der Waals surface area (Å²) in [5.41, 5.74) is 1.51. The molecule has 2 fully saturated rings. The van der Waals surface area contributed by atoms with Gasteiger partial charge in [-0.25, -0.2) is 15.0 Å². The first kappa shape index (κ1) is 17.6. The minimum absolute atomic E-state index is 0.0178. The molecule has 142 valence electrons. The molecule has 1 aliphatic heterocycles. The highest BCUT2D eigenvalue weighted by atomic mass is 16.5. The maximum Gasteiger partial charge on any atom is 0.167 e. The highest BCUT2D eigenvalue weighted by molar-refractivity contribution is 5.82. The molecule has 0 aromatic carbocycles. The summed E-state index contributed by atoms with van der Waals surface area (Å²) in [6, 6.07) is 0.479. The smallest absolute Gasteiger partial charge is 0.167 e. The maximum absolute atomic E-state index is 9.60. The van der Waals surface area contributed by atoms with Crippen LogP contribution >= 0.6 is 0 Å². The molecule has 2 aliphatic rings. The Kier molecular flexibility index (Phi) is 5.30. The molecule has 3 heterocycles. The van der Waals surface area contributed by atoms with Gasteiger partial charge >= 0.3 is 0 Å². The second-order valence-corrected chi connectivity index (χ2v) is 6.97. The molecule has 0 amide bonds. The van der Waals surface area contributed by atoms with Crippen molar-refractivity contribution in [2.45, 2.75) is 37.6 Å². The van der Waals surface area contributed by atoms with E-state index in [2.05, 4.69) is 25.2 Å². The molecular weight excluding hydrogens is 336 g/mol. The molecule has 0 bridgehead atoms. The molecule has 4 rings (SSSR count). The van der Waals surface area contributed by atoms with E-state index in [0.29, 0.717) is 25.7 Å². The lowest BCUT2D eigenvalue weighted by Gasteiger charge is -2.37. The average Bonchev–Trinajstić information content (AvgIpc) is 3.07. The third kappa shape index (κ3) is 3.52. The van der Waals surface area contributed by atoms with Crippen LogP contribution in [0.3, 0.4) is 0 Å². The van der Waals surface area contributed by atoms with Gasteiger partial charge in [-0.2, -0.15) is 0 Å². The van der Waals surface area contributed by atoms with E-state index in [1.165, 1.54) is 19.3 Å². The van der Waals surface area contributed by atoms with Gasteiger partial charge in [0.2, 0.25) is 0 Å². The molecule has 1 saturated carbocycles. The van der Waals surface area contributed by atoms with Gasteiger partial charge in [0.15, 0.2) is 17.0 Å². The van der Waals surface area contributed by atoms with Crippen LogP contribution < -0.4 is 5.32 Å². The first-order chi connectivity index (χ1) is 12.8. The Morgan fingerprint density at radius 1 is 1.31 bits per heavy atom. The normalized spacial score (nSPS) is 24.7. The van der Waals surface area contributed by atoms with Crippen molar-refractivity contribution >= 4 is 17.0 Å². The van der Waals surface area contributed by atoms with Gasteiger partial charge in [-0.05, 0) is 19.3 Å². The number of aromatic nitrogens is 4. The van der Waals surface area contributed by atoms with Gasteiger partial charge in [-0.1, -0.05) is 0 Å². The number of ether oxygens (including phenoxy) is 2. The molecule has 26 heavy (non-hydrogen) atoms. The minimum atomic E-state index is -0.255. The third-order valence-electron chi connectivity index (χ3n) is 5.16. The number of nitrogens with one attached hydrogen (secondary N) is 1. The number of methoxy groups -OCH3 is 1. The first-order valence-corrected chi connectivity index (χ1v) is 9.20. The molecule has 2 N–H and O–H groups in total. The van der Waals surface area contributed by atoms with Crippen LogP contribution in [0.15, 0.2) is 12.7 Å². The molecule has 0 unspecified atom stereocenters. The van der Waals surface area contributed by atoms with Crippen LogP contribution in [0.4, 0.5) is 5.82 Å². The molecule has 9 nitrogen and oxygen atoms in total. The molecule has 2 aromatic rings. The highest BCUT2D eigenvalue weighted by Crippen LogP contribution is 2.28. The summed E-state index contributed by atoms with van der Waals surface area (Å²) in [4.78, 5) is 15.6. The van der Waals surface area contributed by atoms with Crippen LogP contribution in [-0.2, 0) is 9.47 Å². The Hall–Kier alpha value is -1.81. The Balaban J connectivity index is 1.57. The van der Waals surface area contributed by atoms with E-state index in [9.17, 15) is 5.11 Å². The van der Waals surface area contributed by atoms with Gasteiger partial charge in [-0.3, -0.25) is 9.47 Å². The van der Waals surface area contributed by atoms with Crippen molar-refractivity contribution in [2.24, 2.45) is 0 Å². The fraction of sp³-hybridized carbons (Fsp3) is 0.706. The van der Waals surface area contributed by atoms with Crippen LogP contribution in [0.2, 0.25) is 0 Å². The Labute approximate surface area is 152 Å². The van der Waals surface area contributed by atoms with E-state index >= 15 is 0 Å². The van der Waals surface area contributed by atoms with E-state index in [1.54, 1.807) is 19.8 Å². The number of aliphatic hydroxyl groups excluding tert-OH is 1. The molecule has 1 aliphatic carbocycles. The number of morpholine rings is 1. The first-order valence-electron chi connectivity index (χ1n) is 9.20. The number of rotatable bonds is 7. The maximum atomic E-state index is 9.60. The fourth-order valence-electron chi connectivity index (χ4n) is 3.46. The van der Waals surface area contributed by atoms with Crippen LogP contribution in [-0.4, -0.2) is 81.6 Å². The van der Waals surface area contributed by atoms with E-state index < -0.39 is 0 Å². The monoisotopic (exact) mass is 362 g/mol. The summed E-state index contributed by atoms with van der Waals surface area (Å²) < 4.78 is 13.2. The van der Waals surface area contributed by atoms with E-state index in [-0.39, 0.29) is 18.9 Å². The van der Waals surface area contributed by atoms with Crippen LogP contribution in [0, 0.1) is 0 Å². The predicted octanol–water partition coefficient (Wildman–Crippen LogP) is 0.629. The van der Waals surface area contributed by atoms with Crippen LogP contribution in [0.5, 0.6) is 0 Å². The zero-order valence-electron chi connectivity index (χ0n) is 15.0. The van der Waals surface area contributed by atoms with Gasteiger partial charge < -0.3 is 19.9 Å². The number of imidazole rings is 1. The summed E-state index contributed by atoms with van der Waals surface area (Å²) in [6.45, 7) is 2.80. The summed E-state index contributed by atoms with van der Waals surface area (Å²) >= 11 is 0. The fourth-order valence-corrected chi connectivity index (χ4v) is 3.46. The number of fused-ring (bicyclic) bond motifs is 1. The molecule has 2 aromatic heterocycles. The number of hydrogen-bond acceptors (Lipinski definition) is 8. The van der Waals surface area contributed by atoms with Crippen molar-refractivity contribution in [1.29, 1.82) is 0 Å². The number of nitrogens with zero attached hydrogens (tertiary/aromatic N) is 5. The number of anilines is 1. The highest BCUT2D eigenvalue weighted by Gasteiger charge is 2.30. The predicted molar refractivity (Wildman–Crippen MR) is 95.9 cm³/mol. The Morgan fingerprint density at radius 2 is 2.19 bits per heavy atom. The summed E-state index contributed by atoms with van der Waals surface area (Å²) in [5, 5.41) is 13.1. The van der Waals surface area contributed by atoms with Crippen LogP contribution in [0.1, 0.15) is 25.5 Å². The molecule has 0 spiro atoms. The van der Waals surface area contributed by atoms with Crippen LogP contribution in [0.25, 0.3) is 11.2 Å². The summed E-state index contributed by atoms with van der Waals surface area (Å²) in [7, 11) is 1.69. The van der Waals surface area contributed by atoms with Gasteiger partial charge in [0.1, 0.15) is 12.6 Å². The SMILES string of the molecule is COCCN1C[C@@H](CO)O[C@@H](n2cnc3c(NC4CCC4)ncnc32)C1. The zero-order chi connectivity index (χ0) is 17.9. The van der Waals surface area contributed by atoms with Crippen molar-refractivity contribution < 1.29 is 14.6 Å². The average molecular weight is 362 g/mol. The van der Waals surface area contributed by atoms with Crippen molar-refractivity contribution in [3.63, 3.8) is 0 Å². The van der Waals surface area contributed by atoms with E-state index in [4.69, 9.17) is 9.47 Å². The van der Waals surface area contributed by atoms with Crippen molar-refractivity contribution in [2.75, 3.05) is 45.3 Å². The molecule has 9 heteroatoms. The molecular formula is C17H26N6O3. The number of aliphatic hydroxyl groups is 1. The summed E-state index contributed by atoms with van der Waals surface area (Å²) in [6.07, 6.45) is 6.43. The molecule has 0 radical (unpaired) electrons. The molecule has 2 atom stereocenters. The van der Waals surface area contributed by atoms with Gasteiger partial charge in [0.25, 0.3) is 0 Å². The Bertz CT molecular complexity index is 734. The largest absolute Gasteiger partial charge is 0.394 e. The zero-order valence-corrected chi connectivity index (χ0v) is 15.0. The molecule has 1 saturated heterocycles. The topological polar surface area (TPSA) is 97.6 Å². The lowest BCUT2D eigenvalue weighted by atomic mass is 9.93. The summed E-state index contributed by atoms with van der Waals surface area (Å²) in [5.74, 6) is 0.782. The van der Waals surface area contributed by atoms with Gasteiger partial charge in [0.05, 0.1) is 25.6 Å².